The summed E-state index contributed by atoms with van der Waals surface area (Å²) in [5.41, 5.74) is 2.80. The summed E-state index contributed by atoms with van der Waals surface area (Å²) < 4.78 is 26.4. The van der Waals surface area contributed by atoms with Crippen LogP contribution in [-0.2, 0) is 26.2 Å². The molecule has 0 radical (unpaired) electrons. The van der Waals surface area contributed by atoms with Crippen molar-refractivity contribution in [3.8, 4) is 0 Å². The molecular formula is C27H38ClN3O4S. The van der Waals surface area contributed by atoms with E-state index in [4.69, 9.17) is 11.6 Å². The van der Waals surface area contributed by atoms with Crippen molar-refractivity contribution < 1.29 is 18.0 Å². The number of rotatable bonds is 10. The number of benzene rings is 2. The average Bonchev–Trinajstić information content (AvgIpc) is 2.75. The van der Waals surface area contributed by atoms with Crippen molar-refractivity contribution >= 4 is 39.1 Å². The Morgan fingerprint density at radius 2 is 1.69 bits per heavy atom. The Balaban J connectivity index is 2.24. The number of halogens is 1. The molecular weight excluding hydrogens is 498 g/mol. The summed E-state index contributed by atoms with van der Waals surface area (Å²) >= 11 is 6.12. The zero-order chi connectivity index (χ0) is 27.3. The highest BCUT2D eigenvalue weighted by Crippen LogP contribution is 2.27. The smallest absolute Gasteiger partial charge is 0.242 e. The lowest BCUT2D eigenvalue weighted by atomic mass is 10.1. The van der Waals surface area contributed by atoms with Crippen molar-refractivity contribution in [1.29, 1.82) is 0 Å². The first-order chi connectivity index (χ1) is 16.6. The largest absolute Gasteiger partial charge is 0.350 e. The van der Waals surface area contributed by atoms with E-state index in [1.54, 1.807) is 30.0 Å². The first-order valence-corrected chi connectivity index (χ1v) is 14.2. The normalized spacial score (nSPS) is 12.7. The summed E-state index contributed by atoms with van der Waals surface area (Å²) in [5.74, 6) is -0.456. The Bertz CT molecular complexity index is 1190. The summed E-state index contributed by atoms with van der Waals surface area (Å²) in [5, 5.41) is 3.38. The number of sulfonamides is 1. The van der Waals surface area contributed by atoms with Crippen LogP contribution in [0, 0.1) is 13.8 Å². The van der Waals surface area contributed by atoms with Crippen molar-refractivity contribution in [2.24, 2.45) is 0 Å². The van der Waals surface area contributed by atoms with E-state index in [-0.39, 0.29) is 37.7 Å². The van der Waals surface area contributed by atoms with E-state index in [0.717, 1.165) is 22.9 Å². The predicted molar refractivity (Wildman–Crippen MR) is 147 cm³/mol. The lowest BCUT2D eigenvalue weighted by Crippen LogP contribution is -2.52. The van der Waals surface area contributed by atoms with Crippen LogP contribution in [0.25, 0.3) is 0 Å². The molecule has 0 aromatic heterocycles. The Morgan fingerprint density at radius 1 is 1.06 bits per heavy atom. The fourth-order valence-electron chi connectivity index (χ4n) is 3.86. The number of amides is 2. The van der Waals surface area contributed by atoms with E-state index in [1.807, 2.05) is 58.9 Å². The zero-order valence-corrected chi connectivity index (χ0v) is 23.8. The Hall–Kier alpha value is -2.58. The van der Waals surface area contributed by atoms with Crippen LogP contribution in [0.1, 0.15) is 57.2 Å². The van der Waals surface area contributed by atoms with E-state index in [1.165, 1.54) is 4.31 Å². The molecule has 2 aromatic carbocycles. The van der Waals surface area contributed by atoms with E-state index in [0.29, 0.717) is 10.7 Å². The van der Waals surface area contributed by atoms with Crippen LogP contribution in [-0.4, -0.2) is 49.5 Å². The van der Waals surface area contributed by atoms with Crippen LogP contribution in [0.3, 0.4) is 0 Å². The summed E-state index contributed by atoms with van der Waals surface area (Å²) in [6.45, 7) is 11.6. The maximum absolute atomic E-state index is 13.4. The average molecular weight is 536 g/mol. The summed E-state index contributed by atoms with van der Waals surface area (Å²) in [4.78, 5) is 27.9. The van der Waals surface area contributed by atoms with Gasteiger partial charge < -0.3 is 10.2 Å². The van der Waals surface area contributed by atoms with Gasteiger partial charge in [-0.3, -0.25) is 13.9 Å². The van der Waals surface area contributed by atoms with E-state index in [2.05, 4.69) is 5.32 Å². The monoisotopic (exact) mass is 535 g/mol. The van der Waals surface area contributed by atoms with Crippen LogP contribution in [0.2, 0.25) is 5.02 Å². The third-order valence-electron chi connectivity index (χ3n) is 5.86. The van der Waals surface area contributed by atoms with Gasteiger partial charge in [-0.1, -0.05) is 41.9 Å². The predicted octanol–water partition coefficient (Wildman–Crippen LogP) is 4.84. The number of carbonyl (C=O) groups is 2. The minimum Gasteiger partial charge on any atom is -0.350 e. The van der Waals surface area contributed by atoms with Gasteiger partial charge in [-0.05, 0) is 76.8 Å². The van der Waals surface area contributed by atoms with Crippen molar-refractivity contribution in [1.82, 2.24) is 10.2 Å². The van der Waals surface area contributed by atoms with Gasteiger partial charge in [0.15, 0.2) is 0 Å². The molecule has 36 heavy (non-hydrogen) atoms. The third-order valence-corrected chi connectivity index (χ3v) is 7.27. The minimum atomic E-state index is -3.59. The van der Waals surface area contributed by atoms with Crippen LogP contribution in [0.5, 0.6) is 0 Å². The zero-order valence-electron chi connectivity index (χ0n) is 22.3. The highest BCUT2D eigenvalue weighted by Gasteiger charge is 2.29. The van der Waals surface area contributed by atoms with Crippen molar-refractivity contribution in [3.63, 3.8) is 0 Å². The van der Waals surface area contributed by atoms with Crippen molar-refractivity contribution in [2.75, 3.05) is 17.1 Å². The second kappa shape index (κ2) is 12.1. The quantitative estimate of drug-likeness (QED) is 0.472. The number of hydrogen-bond acceptors (Lipinski definition) is 4. The molecule has 1 atom stereocenters. The summed E-state index contributed by atoms with van der Waals surface area (Å²) in [7, 11) is -3.59. The van der Waals surface area contributed by atoms with Crippen LogP contribution < -0.4 is 9.62 Å². The molecule has 2 rings (SSSR count). The lowest BCUT2D eigenvalue weighted by Gasteiger charge is -2.32. The van der Waals surface area contributed by atoms with Gasteiger partial charge in [0.05, 0.1) is 11.9 Å². The third kappa shape index (κ3) is 8.52. The first-order valence-electron chi connectivity index (χ1n) is 12.0. The Morgan fingerprint density at radius 3 is 2.28 bits per heavy atom. The first kappa shape index (κ1) is 29.6. The van der Waals surface area contributed by atoms with Crippen molar-refractivity contribution in [3.05, 3.63) is 64.2 Å². The second-order valence-corrected chi connectivity index (χ2v) is 12.6. The molecule has 0 heterocycles. The Kier molecular flexibility index (Phi) is 9.97. The number of aryl methyl sites for hydroxylation is 2. The second-order valence-electron chi connectivity index (χ2n) is 10.2. The van der Waals surface area contributed by atoms with E-state index in [9.17, 15) is 18.0 Å². The molecule has 2 amide bonds. The fourth-order valence-corrected chi connectivity index (χ4v) is 5.04. The maximum atomic E-state index is 13.4. The summed E-state index contributed by atoms with van der Waals surface area (Å²) in [6, 6.07) is 12.1. The molecule has 2 aromatic rings. The van der Waals surface area contributed by atoms with Gasteiger partial charge in [-0.2, -0.15) is 0 Å². The fraction of sp³-hybridized carbons (Fsp3) is 0.481. The molecule has 0 unspecified atom stereocenters. The molecule has 9 heteroatoms. The van der Waals surface area contributed by atoms with Crippen LogP contribution in [0.15, 0.2) is 42.5 Å². The molecule has 7 nitrogen and oxygen atoms in total. The molecule has 0 saturated carbocycles. The van der Waals surface area contributed by atoms with E-state index >= 15 is 0 Å². The van der Waals surface area contributed by atoms with Crippen molar-refractivity contribution in [2.45, 2.75) is 72.5 Å². The topological polar surface area (TPSA) is 86.8 Å². The van der Waals surface area contributed by atoms with Crippen LogP contribution >= 0.6 is 11.6 Å². The maximum Gasteiger partial charge on any atom is 0.242 e. The number of nitrogens with zero attached hydrogens (tertiary/aromatic N) is 2. The molecule has 0 aliphatic rings. The Labute approximate surface area is 220 Å². The highest BCUT2D eigenvalue weighted by molar-refractivity contribution is 7.92. The molecule has 0 bridgehead atoms. The van der Waals surface area contributed by atoms with Gasteiger partial charge in [0.25, 0.3) is 0 Å². The number of nitrogens with one attached hydrogen (secondary N) is 1. The number of anilines is 1. The molecule has 0 spiro atoms. The highest BCUT2D eigenvalue weighted by atomic mass is 35.5. The van der Waals surface area contributed by atoms with Gasteiger partial charge in [0.1, 0.15) is 6.04 Å². The van der Waals surface area contributed by atoms with Gasteiger partial charge in [-0.15, -0.1) is 0 Å². The van der Waals surface area contributed by atoms with Gasteiger partial charge in [0, 0.05) is 30.1 Å². The van der Waals surface area contributed by atoms with Gasteiger partial charge in [0.2, 0.25) is 21.8 Å². The van der Waals surface area contributed by atoms with E-state index < -0.39 is 21.6 Å². The SMILES string of the molecule is Cc1ccccc1CN(C(=O)CCCN(c1cc(Cl)ccc1C)S(C)(=O)=O)[C@H](C)C(=O)NC(C)(C)C. The van der Waals surface area contributed by atoms with Crippen LogP contribution in [0.4, 0.5) is 5.69 Å². The molecule has 0 fully saturated rings. The molecule has 1 N–H and O–H groups in total. The summed E-state index contributed by atoms with van der Waals surface area (Å²) in [6.07, 6.45) is 1.51. The molecule has 0 aliphatic heterocycles. The minimum absolute atomic E-state index is 0.0879. The molecule has 0 saturated heterocycles. The number of carbonyl (C=O) groups excluding carboxylic acids is 2. The van der Waals surface area contributed by atoms with Gasteiger partial charge in [-0.25, -0.2) is 8.42 Å². The molecule has 0 aliphatic carbocycles. The molecule has 198 valence electrons. The lowest BCUT2D eigenvalue weighted by molar-refractivity contribution is -0.141. The van der Waals surface area contributed by atoms with Gasteiger partial charge >= 0.3 is 0 Å². The number of hydrogen-bond donors (Lipinski definition) is 1. The standard InChI is InChI=1S/C27H38ClN3O4S/c1-19-11-8-9-12-22(19)18-30(21(3)26(33)29-27(4,5)6)25(32)13-10-16-31(36(7,34)35)24-17-23(28)15-14-20(24)2/h8-9,11-12,14-15,17,21H,10,13,16,18H2,1-7H3,(H,29,33)/t21-/m1/s1.